The minimum atomic E-state index is 0.425. The van der Waals surface area contributed by atoms with E-state index < -0.39 is 0 Å². The molecule has 1 aromatic rings. The summed E-state index contributed by atoms with van der Waals surface area (Å²) in [6.07, 6.45) is 1.31. The molecule has 1 rings (SSSR count). The van der Waals surface area contributed by atoms with Gasteiger partial charge in [-0.3, -0.25) is 0 Å². The van der Waals surface area contributed by atoms with Crippen LogP contribution in [0.25, 0.3) is 0 Å². The van der Waals surface area contributed by atoms with E-state index in [-0.39, 0.29) is 0 Å². The Bertz CT molecular complexity index is 286. The first kappa shape index (κ1) is 10.4. The predicted molar refractivity (Wildman–Crippen MR) is 59.3 cm³/mol. The van der Waals surface area contributed by atoms with Crippen LogP contribution < -0.4 is 0 Å². The molecule has 0 heterocycles. The standard InChI is InChI=1S/C8H5Br3O/c9-5-3-7(10)6(1-2-12)8(11)4-5/h2-4H,1H2. The first-order valence-electron chi connectivity index (χ1n) is 3.22. The van der Waals surface area contributed by atoms with Gasteiger partial charge in [0, 0.05) is 19.8 Å². The predicted octanol–water partition coefficient (Wildman–Crippen LogP) is 3.72. The van der Waals surface area contributed by atoms with Gasteiger partial charge in [0.15, 0.2) is 0 Å². The molecule has 1 aromatic carbocycles. The zero-order valence-corrected chi connectivity index (χ0v) is 10.7. The summed E-state index contributed by atoms with van der Waals surface area (Å²) in [6, 6.07) is 3.84. The summed E-state index contributed by atoms with van der Waals surface area (Å²) in [7, 11) is 0. The molecule has 64 valence electrons. The number of carbonyl (C=O) groups is 1. The monoisotopic (exact) mass is 354 g/mol. The van der Waals surface area contributed by atoms with Crippen molar-refractivity contribution in [3.05, 3.63) is 31.1 Å². The first-order valence-corrected chi connectivity index (χ1v) is 5.60. The summed E-state index contributed by atoms with van der Waals surface area (Å²) >= 11 is 10.1. The van der Waals surface area contributed by atoms with Crippen LogP contribution in [0.5, 0.6) is 0 Å². The Hall–Kier alpha value is 0.330. The fraction of sp³-hybridized carbons (Fsp3) is 0.125. The maximum atomic E-state index is 10.3. The number of halogens is 3. The van der Waals surface area contributed by atoms with Crippen molar-refractivity contribution in [2.75, 3.05) is 0 Å². The van der Waals surface area contributed by atoms with Crippen molar-refractivity contribution >= 4 is 54.1 Å². The van der Waals surface area contributed by atoms with Gasteiger partial charge in [-0.05, 0) is 17.7 Å². The third kappa shape index (κ3) is 2.41. The van der Waals surface area contributed by atoms with Gasteiger partial charge in [0.1, 0.15) is 6.29 Å². The van der Waals surface area contributed by atoms with E-state index in [0.717, 1.165) is 25.3 Å². The largest absolute Gasteiger partial charge is 0.303 e. The molecule has 0 amide bonds. The molecule has 12 heavy (non-hydrogen) atoms. The van der Waals surface area contributed by atoms with Gasteiger partial charge in [-0.25, -0.2) is 0 Å². The van der Waals surface area contributed by atoms with Crippen molar-refractivity contribution in [2.24, 2.45) is 0 Å². The van der Waals surface area contributed by atoms with Crippen molar-refractivity contribution in [1.82, 2.24) is 0 Å². The van der Waals surface area contributed by atoms with Gasteiger partial charge in [0.25, 0.3) is 0 Å². The molecule has 0 aliphatic carbocycles. The molecular weight excluding hydrogens is 352 g/mol. The molecule has 0 aliphatic heterocycles. The first-order chi connectivity index (χ1) is 5.65. The number of benzene rings is 1. The van der Waals surface area contributed by atoms with Crippen molar-refractivity contribution in [3.63, 3.8) is 0 Å². The smallest absolute Gasteiger partial charge is 0.124 e. The van der Waals surface area contributed by atoms with Crippen molar-refractivity contribution in [1.29, 1.82) is 0 Å². The second-order valence-corrected chi connectivity index (χ2v) is 4.84. The Morgan fingerprint density at radius 3 is 2.08 bits per heavy atom. The van der Waals surface area contributed by atoms with E-state index in [4.69, 9.17) is 0 Å². The van der Waals surface area contributed by atoms with Gasteiger partial charge in [-0.1, -0.05) is 47.8 Å². The van der Waals surface area contributed by atoms with Crippen LogP contribution in [0.1, 0.15) is 5.56 Å². The number of aldehydes is 1. The lowest BCUT2D eigenvalue weighted by atomic mass is 10.2. The average molecular weight is 357 g/mol. The zero-order chi connectivity index (χ0) is 9.14. The third-order valence-corrected chi connectivity index (χ3v) is 3.27. The highest BCUT2D eigenvalue weighted by atomic mass is 79.9. The number of hydrogen-bond acceptors (Lipinski definition) is 1. The van der Waals surface area contributed by atoms with Gasteiger partial charge in [-0.2, -0.15) is 0 Å². The summed E-state index contributed by atoms with van der Waals surface area (Å²) in [4.78, 5) is 10.3. The maximum Gasteiger partial charge on any atom is 0.124 e. The minimum absolute atomic E-state index is 0.425. The van der Waals surface area contributed by atoms with E-state index in [1.54, 1.807) is 0 Å². The van der Waals surface area contributed by atoms with E-state index in [9.17, 15) is 4.79 Å². The summed E-state index contributed by atoms with van der Waals surface area (Å²) in [5.74, 6) is 0. The summed E-state index contributed by atoms with van der Waals surface area (Å²) in [5.41, 5.74) is 0.980. The lowest BCUT2D eigenvalue weighted by Crippen LogP contribution is -1.89. The van der Waals surface area contributed by atoms with Gasteiger partial charge < -0.3 is 4.79 Å². The zero-order valence-electron chi connectivity index (χ0n) is 5.98. The van der Waals surface area contributed by atoms with Crippen molar-refractivity contribution < 1.29 is 4.79 Å². The Morgan fingerprint density at radius 1 is 1.17 bits per heavy atom. The Labute approximate surface area is 95.9 Å². The minimum Gasteiger partial charge on any atom is -0.303 e. The van der Waals surface area contributed by atoms with E-state index in [1.807, 2.05) is 12.1 Å². The molecule has 4 heteroatoms. The van der Waals surface area contributed by atoms with Crippen LogP contribution in [-0.2, 0) is 11.2 Å². The van der Waals surface area contributed by atoms with Crippen molar-refractivity contribution in [3.8, 4) is 0 Å². The molecule has 0 aromatic heterocycles. The SMILES string of the molecule is O=CCc1c(Br)cc(Br)cc1Br. The van der Waals surface area contributed by atoms with Gasteiger partial charge in [0.05, 0.1) is 0 Å². The van der Waals surface area contributed by atoms with Crippen LogP contribution in [0.3, 0.4) is 0 Å². The highest BCUT2D eigenvalue weighted by molar-refractivity contribution is 9.11. The van der Waals surface area contributed by atoms with Crippen LogP contribution in [-0.4, -0.2) is 6.29 Å². The summed E-state index contributed by atoms with van der Waals surface area (Å²) in [5, 5.41) is 0. The van der Waals surface area contributed by atoms with Gasteiger partial charge in [0.2, 0.25) is 0 Å². The molecule has 0 fully saturated rings. The molecular formula is C8H5Br3O. The van der Waals surface area contributed by atoms with E-state index >= 15 is 0 Å². The average Bonchev–Trinajstić information content (AvgIpc) is 1.96. The number of hydrogen-bond donors (Lipinski definition) is 0. The molecule has 0 saturated carbocycles. The highest BCUT2D eigenvalue weighted by Crippen LogP contribution is 2.29. The lowest BCUT2D eigenvalue weighted by molar-refractivity contribution is -0.107. The number of carbonyl (C=O) groups excluding carboxylic acids is 1. The fourth-order valence-electron chi connectivity index (χ4n) is 0.850. The molecule has 0 aliphatic rings. The van der Waals surface area contributed by atoms with E-state index in [1.165, 1.54) is 0 Å². The van der Waals surface area contributed by atoms with Crippen LogP contribution in [0, 0.1) is 0 Å². The van der Waals surface area contributed by atoms with Crippen LogP contribution in [0.15, 0.2) is 25.6 Å². The highest BCUT2D eigenvalue weighted by Gasteiger charge is 2.05. The summed E-state index contributed by atoms with van der Waals surface area (Å²) < 4.78 is 2.86. The second-order valence-electron chi connectivity index (χ2n) is 2.22. The van der Waals surface area contributed by atoms with Crippen LogP contribution in [0.2, 0.25) is 0 Å². The van der Waals surface area contributed by atoms with Gasteiger partial charge >= 0.3 is 0 Å². The topological polar surface area (TPSA) is 17.1 Å². The fourth-order valence-corrected chi connectivity index (χ4v) is 3.43. The normalized spacial score (nSPS) is 9.92. The van der Waals surface area contributed by atoms with Gasteiger partial charge in [-0.15, -0.1) is 0 Å². The number of rotatable bonds is 2. The van der Waals surface area contributed by atoms with Crippen LogP contribution >= 0.6 is 47.8 Å². The summed E-state index contributed by atoms with van der Waals surface area (Å²) in [6.45, 7) is 0. The van der Waals surface area contributed by atoms with Crippen molar-refractivity contribution in [2.45, 2.75) is 6.42 Å². The molecule has 0 bridgehead atoms. The molecule has 0 radical (unpaired) electrons. The van der Waals surface area contributed by atoms with E-state index in [0.29, 0.717) is 6.42 Å². The Kier molecular flexibility index (Phi) is 3.93. The quantitative estimate of drug-likeness (QED) is 0.738. The molecule has 1 nitrogen and oxygen atoms in total. The molecule has 0 atom stereocenters. The lowest BCUT2D eigenvalue weighted by Gasteiger charge is -2.03. The Morgan fingerprint density at radius 2 is 1.67 bits per heavy atom. The molecule has 0 spiro atoms. The van der Waals surface area contributed by atoms with E-state index in [2.05, 4.69) is 47.8 Å². The maximum absolute atomic E-state index is 10.3. The third-order valence-electron chi connectivity index (χ3n) is 1.39. The Balaban J connectivity index is 3.18. The molecule has 0 N–H and O–H groups in total. The molecule has 0 unspecified atom stereocenters. The van der Waals surface area contributed by atoms with Crippen LogP contribution in [0.4, 0.5) is 0 Å². The second kappa shape index (κ2) is 4.53. The molecule has 0 saturated heterocycles.